The van der Waals surface area contributed by atoms with E-state index >= 15 is 0 Å². The summed E-state index contributed by atoms with van der Waals surface area (Å²) in [6, 6.07) is 0. The summed E-state index contributed by atoms with van der Waals surface area (Å²) in [5, 5.41) is 0. The van der Waals surface area contributed by atoms with E-state index in [1.807, 2.05) is 32.1 Å². The fourth-order valence-corrected chi connectivity index (χ4v) is 3.07. The van der Waals surface area contributed by atoms with Crippen LogP contribution in [0.15, 0.2) is 36.0 Å². The fourth-order valence-electron chi connectivity index (χ4n) is 1.63. The van der Waals surface area contributed by atoms with Gasteiger partial charge in [-0.1, -0.05) is 30.4 Å². The van der Waals surface area contributed by atoms with Crippen molar-refractivity contribution in [1.82, 2.24) is 0 Å². The van der Waals surface area contributed by atoms with Gasteiger partial charge in [-0.05, 0) is 32.3 Å². The maximum absolute atomic E-state index is 12.1. The Morgan fingerprint density at radius 1 is 1.35 bits per heavy atom. The molecule has 0 N–H and O–H groups in total. The van der Waals surface area contributed by atoms with Gasteiger partial charge in [0.05, 0.1) is 19.4 Å². The summed E-state index contributed by atoms with van der Waals surface area (Å²) in [5.74, 6) is 0. The molecular weight excluding hydrogens is 235 g/mol. The van der Waals surface area contributed by atoms with Crippen molar-refractivity contribution in [3.8, 4) is 0 Å². The Kier molecular flexibility index (Phi) is 6.49. The molecule has 17 heavy (non-hydrogen) atoms. The molecule has 0 aromatic carbocycles. The van der Waals surface area contributed by atoms with Crippen LogP contribution < -0.4 is 0 Å². The van der Waals surface area contributed by atoms with Gasteiger partial charge in [0.25, 0.3) is 0 Å². The first-order chi connectivity index (χ1) is 8.20. The molecule has 96 valence electrons. The maximum Gasteiger partial charge on any atom is 0.334 e. The van der Waals surface area contributed by atoms with E-state index in [9.17, 15) is 4.57 Å². The third-order valence-electron chi connectivity index (χ3n) is 2.36. The molecule has 0 aromatic heterocycles. The highest BCUT2D eigenvalue weighted by molar-refractivity contribution is 7.54. The zero-order valence-electron chi connectivity index (χ0n) is 10.6. The van der Waals surface area contributed by atoms with Crippen molar-refractivity contribution in [2.75, 3.05) is 19.4 Å². The van der Waals surface area contributed by atoms with E-state index in [1.54, 1.807) is 0 Å². The van der Waals surface area contributed by atoms with Crippen LogP contribution in [0.1, 0.15) is 26.7 Å². The molecule has 1 aliphatic carbocycles. The highest BCUT2D eigenvalue weighted by Crippen LogP contribution is 2.47. The molecule has 4 heteroatoms. The summed E-state index contributed by atoms with van der Waals surface area (Å²) in [4.78, 5) is 0. The minimum atomic E-state index is -2.92. The molecule has 3 nitrogen and oxygen atoms in total. The van der Waals surface area contributed by atoms with Gasteiger partial charge in [-0.3, -0.25) is 4.57 Å². The van der Waals surface area contributed by atoms with Crippen LogP contribution in [0.4, 0.5) is 0 Å². The van der Waals surface area contributed by atoms with Crippen molar-refractivity contribution in [3.05, 3.63) is 36.0 Å². The second-order valence-electron chi connectivity index (χ2n) is 3.74. The van der Waals surface area contributed by atoms with Gasteiger partial charge >= 0.3 is 7.60 Å². The highest BCUT2D eigenvalue weighted by Gasteiger charge is 2.20. The average molecular weight is 256 g/mol. The van der Waals surface area contributed by atoms with Gasteiger partial charge in [0, 0.05) is 0 Å². The lowest BCUT2D eigenvalue weighted by atomic mass is 10.1. The molecule has 0 fully saturated rings. The van der Waals surface area contributed by atoms with Crippen molar-refractivity contribution >= 4 is 7.60 Å². The molecule has 0 bridgehead atoms. The lowest BCUT2D eigenvalue weighted by Crippen LogP contribution is -1.98. The molecule has 0 aromatic rings. The predicted octanol–water partition coefficient (Wildman–Crippen LogP) is 4.09. The summed E-state index contributed by atoms with van der Waals surface area (Å²) < 4.78 is 22.5. The molecular formula is C13H21O3P. The number of hydrogen-bond acceptors (Lipinski definition) is 3. The Balaban J connectivity index is 2.51. The van der Waals surface area contributed by atoms with E-state index in [4.69, 9.17) is 9.05 Å². The van der Waals surface area contributed by atoms with Gasteiger partial charge in [0.15, 0.2) is 0 Å². The smallest absolute Gasteiger partial charge is 0.309 e. The molecule has 0 saturated carbocycles. The van der Waals surface area contributed by atoms with Crippen LogP contribution in [0.3, 0.4) is 0 Å². The van der Waals surface area contributed by atoms with Gasteiger partial charge < -0.3 is 9.05 Å². The van der Waals surface area contributed by atoms with E-state index in [2.05, 4.69) is 12.2 Å². The van der Waals surface area contributed by atoms with Gasteiger partial charge in [-0.15, -0.1) is 0 Å². The number of rotatable bonds is 7. The van der Waals surface area contributed by atoms with Crippen molar-refractivity contribution in [2.24, 2.45) is 0 Å². The zero-order chi connectivity index (χ0) is 12.6. The predicted molar refractivity (Wildman–Crippen MR) is 71.3 cm³/mol. The maximum atomic E-state index is 12.1. The molecule has 0 aliphatic heterocycles. The van der Waals surface area contributed by atoms with Crippen LogP contribution in [0.5, 0.6) is 0 Å². The molecule has 0 radical (unpaired) electrons. The van der Waals surface area contributed by atoms with Crippen LogP contribution in [-0.2, 0) is 13.6 Å². The summed E-state index contributed by atoms with van der Waals surface area (Å²) in [5.41, 5.74) is 1.26. The van der Waals surface area contributed by atoms with Crippen molar-refractivity contribution in [3.63, 3.8) is 0 Å². The third kappa shape index (κ3) is 5.49. The van der Waals surface area contributed by atoms with Gasteiger partial charge in [-0.25, -0.2) is 0 Å². The minimum absolute atomic E-state index is 0.343. The molecule has 0 atom stereocenters. The average Bonchev–Trinajstić information content (AvgIpc) is 2.31. The van der Waals surface area contributed by atoms with E-state index in [-0.39, 0.29) is 0 Å². The Hall–Kier alpha value is -0.630. The van der Waals surface area contributed by atoms with Crippen LogP contribution in [-0.4, -0.2) is 19.4 Å². The summed E-state index contributed by atoms with van der Waals surface area (Å²) in [6.07, 6.45) is 12.6. The normalized spacial score (nSPS) is 16.5. The first-order valence-electron chi connectivity index (χ1n) is 6.10. The molecule has 0 amide bonds. The van der Waals surface area contributed by atoms with Gasteiger partial charge in [-0.2, -0.15) is 0 Å². The Morgan fingerprint density at radius 3 is 2.59 bits per heavy atom. The summed E-state index contributed by atoms with van der Waals surface area (Å²) >= 11 is 0. The monoisotopic (exact) mass is 256 g/mol. The zero-order valence-corrected chi connectivity index (χ0v) is 11.5. The van der Waals surface area contributed by atoms with E-state index in [0.717, 1.165) is 12.8 Å². The molecule has 0 saturated heterocycles. The molecule has 0 heterocycles. The molecule has 0 unspecified atom stereocenters. The van der Waals surface area contributed by atoms with Crippen LogP contribution in [0.2, 0.25) is 0 Å². The molecule has 1 rings (SSSR count). The van der Waals surface area contributed by atoms with Crippen LogP contribution >= 0.6 is 7.60 Å². The Bertz CT molecular complexity index is 346. The van der Waals surface area contributed by atoms with Crippen molar-refractivity contribution in [2.45, 2.75) is 26.7 Å². The third-order valence-corrected chi connectivity index (χ3v) is 4.32. The van der Waals surface area contributed by atoms with Gasteiger partial charge in [0.2, 0.25) is 0 Å². The first kappa shape index (κ1) is 14.4. The van der Waals surface area contributed by atoms with Gasteiger partial charge in [0.1, 0.15) is 0 Å². The fraction of sp³-hybridized carbons (Fsp3) is 0.538. The van der Waals surface area contributed by atoms with Crippen LogP contribution in [0.25, 0.3) is 0 Å². The Labute approximate surface area is 104 Å². The second-order valence-corrected chi connectivity index (χ2v) is 5.84. The molecule has 0 spiro atoms. The van der Waals surface area contributed by atoms with Crippen LogP contribution in [0, 0.1) is 0 Å². The topological polar surface area (TPSA) is 35.5 Å². The van der Waals surface area contributed by atoms with Crippen molar-refractivity contribution in [1.29, 1.82) is 0 Å². The van der Waals surface area contributed by atoms with E-state index in [1.165, 1.54) is 5.57 Å². The lowest BCUT2D eigenvalue weighted by Gasteiger charge is -2.15. The summed E-state index contributed by atoms with van der Waals surface area (Å²) in [7, 11) is -2.92. The van der Waals surface area contributed by atoms with E-state index in [0.29, 0.717) is 19.4 Å². The minimum Gasteiger partial charge on any atom is -0.309 e. The Morgan fingerprint density at radius 2 is 2.06 bits per heavy atom. The second kappa shape index (κ2) is 7.65. The SMILES string of the molecule is CCOP(=O)(C/C=C/C1=CC=CCC1)OCC. The highest BCUT2D eigenvalue weighted by atomic mass is 31.2. The first-order valence-corrected chi connectivity index (χ1v) is 7.83. The largest absolute Gasteiger partial charge is 0.334 e. The lowest BCUT2D eigenvalue weighted by molar-refractivity contribution is 0.222. The molecule has 1 aliphatic rings. The van der Waals surface area contributed by atoms with E-state index < -0.39 is 7.60 Å². The van der Waals surface area contributed by atoms with Crippen molar-refractivity contribution < 1.29 is 13.6 Å². The quantitative estimate of drug-likeness (QED) is 0.644. The number of hydrogen-bond donors (Lipinski definition) is 0. The summed E-state index contributed by atoms with van der Waals surface area (Å²) in [6.45, 7) is 4.47. The standard InChI is InChI=1S/C13H21O3P/c1-3-15-17(14,16-4-2)12-8-11-13-9-6-5-7-10-13/h5-6,8-9,11H,3-4,7,10,12H2,1-2H3/b11-8+. The number of allylic oxidation sites excluding steroid dienone is 6.